The molecule has 1 saturated heterocycles. The fourth-order valence-electron chi connectivity index (χ4n) is 3.77. The zero-order valence-corrected chi connectivity index (χ0v) is 16.6. The van der Waals surface area contributed by atoms with E-state index < -0.39 is 11.9 Å². The van der Waals surface area contributed by atoms with Gasteiger partial charge >= 0.3 is 0 Å². The summed E-state index contributed by atoms with van der Waals surface area (Å²) in [5.41, 5.74) is 3.23. The Morgan fingerprint density at radius 1 is 1.24 bits per heavy atom. The molecule has 7 nitrogen and oxygen atoms in total. The summed E-state index contributed by atoms with van der Waals surface area (Å²) in [4.78, 5) is 38.0. The number of piperidine rings is 1. The lowest BCUT2D eigenvalue weighted by Gasteiger charge is -2.29. The maximum absolute atomic E-state index is 12.9. The Balaban J connectivity index is 1.52. The number of hydrogen-bond acceptors (Lipinski definition) is 5. The summed E-state index contributed by atoms with van der Waals surface area (Å²) in [6, 6.07) is 10.4. The average molecular weight is 414 g/mol. The highest BCUT2D eigenvalue weighted by Gasteiger charge is 2.39. The molecule has 8 heteroatoms. The minimum Gasteiger partial charge on any atom is -0.495 e. The fourth-order valence-corrected chi connectivity index (χ4v) is 4.05. The molecule has 2 heterocycles. The summed E-state index contributed by atoms with van der Waals surface area (Å²) < 4.78 is 5.17. The molecule has 0 radical (unpaired) electrons. The maximum atomic E-state index is 12.9. The Kier molecular flexibility index (Phi) is 5.15. The van der Waals surface area contributed by atoms with E-state index in [0.717, 1.165) is 16.8 Å². The number of hydrogen-bond donors (Lipinski definition) is 2. The van der Waals surface area contributed by atoms with Crippen molar-refractivity contribution < 1.29 is 19.1 Å². The van der Waals surface area contributed by atoms with Crippen LogP contribution in [0.5, 0.6) is 5.75 Å². The van der Waals surface area contributed by atoms with E-state index in [9.17, 15) is 14.4 Å². The van der Waals surface area contributed by atoms with Crippen LogP contribution in [-0.4, -0.2) is 35.8 Å². The quantitative estimate of drug-likeness (QED) is 0.736. The smallest absolute Gasteiger partial charge is 0.255 e. The number of anilines is 1. The van der Waals surface area contributed by atoms with Crippen molar-refractivity contribution >= 4 is 35.0 Å². The number of methoxy groups -OCH3 is 1. The van der Waals surface area contributed by atoms with Crippen molar-refractivity contribution in [3.63, 3.8) is 0 Å². The van der Waals surface area contributed by atoms with Gasteiger partial charge in [-0.2, -0.15) is 0 Å². The molecular weight excluding hydrogens is 394 g/mol. The number of carbonyl (C=O) groups excluding carboxylic acids is 3. The van der Waals surface area contributed by atoms with Crippen molar-refractivity contribution in [1.82, 2.24) is 10.2 Å². The Bertz CT molecular complexity index is 1010. The van der Waals surface area contributed by atoms with Crippen molar-refractivity contribution in [1.29, 1.82) is 0 Å². The first kappa shape index (κ1) is 19.3. The number of benzene rings is 2. The Labute approximate surface area is 173 Å². The van der Waals surface area contributed by atoms with Crippen LogP contribution in [0.4, 0.5) is 5.69 Å². The van der Waals surface area contributed by atoms with Gasteiger partial charge < -0.3 is 15.0 Å². The van der Waals surface area contributed by atoms with E-state index in [1.54, 1.807) is 18.1 Å². The number of fused-ring (bicyclic) bond motifs is 1. The minimum atomic E-state index is -0.624. The summed E-state index contributed by atoms with van der Waals surface area (Å²) in [7, 11) is 1.57. The monoisotopic (exact) mass is 413 g/mol. The summed E-state index contributed by atoms with van der Waals surface area (Å²) in [6.45, 7) is 0.847. The summed E-state index contributed by atoms with van der Waals surface area (Å²) in [5, 5.41) is 6.21. The third-order valence-electron chi connectivity index (χ3n) is 5.28. The molecule has 0 unspecified atom stereocenters. The predicted molar refractivity (Wildman–Crippen MR) is 108 cm³/mol. The molecule has 2 aromatic rings. The number of amides is 3. The lowest BCUT2D eigenvalue weighted by Crippen LogP contribution is -2.52. The van der Waals surface area contributed by atoms with Crippen LogP contribution in [0.1, 0.15) is 34.3 Å². The van der Waals surface area contributed by atoms with Crippen molar-refractivity contribution in [2.75, 3.05) is 12.4 Å². The number of halogens is 1. The van der Waals surface area contributed by atoms with Gasteiger partial charge in [0.2, 0.25) is 11.8 Å². The lowest BCUT2D eigenvalue weighted by atomic mass is 10.0. The van der Waals surface area contributed by atoms with E-state index in [-0.39, 0.29) is 18.2 Å². The van der Waals surface area contributed by atoms with Crippen LogP contribution in [0, 0.1) is 0 Å². The van der Waals surface area contributed by atoms with Crippen LogP contribution in [0.2, 0.25) is 5.02 Å². The molecular formula is C21H20ClN3O4. The van der Waals surface area contributed by atoms with Gasteiger partial charge in [0.15, 0.2) is 0 Å². The standard InChI is InChI=1S/C21H20ClN3O4/c1-29-18-7-5-12(9-15(18)22)10-23-16-4-2-3-13-14(16)11-25(21(13)28)17-6-8-19(26)24-20(17)27/h2-5,7,9,17,23H,6,8,10-11H2,1H3,(H,24,26,27)/t17-/m1/s1. The van der Waals surface area contributed by atoms with E-state index >= 15 is 0 Å². The van der Waals surface area contributed by atoms with Crippen molar-refractivity contribution in [3.8, 4) is 5.75 Å². The molecule has 0 bridgehead atoms. The zero-order valence-electron chi connectivity index (χ0n) is 15.8. The highest BCUT2D eigenvalue weighted by molar-refractivity contribution is 6.32. The average Bonchev–Trinajstić information content (AvgIpc) is 3.04. The number of nitrogens with zero attached hydrogens (tertiary/aromatic N) is 1. The first-order valence-corrected chi connectivity index (χ1v) is 9.68. The highest BCUT2D eigenvalue weighted by Crippen LogP contribution is 2.33. The second kappa shape index (κ2) is 7.75. The Morgan fingerprint density at radius 2 is 2.07 bits per heavy atom. The second-order valence-electron chi connectivity index (χ2n) is 7.05. The van der Waals surface area contributed by atoms with E-state index in [1.807, 2.05) is 30.3 Å². The largest absolute Gasteiger partial charge is 0.495 e. The molecule has 0 aromatic heterocycles. The molecule has 29 heavy (non-hydrogen) atoms. The normalized spacial score (nSPS) is 18.5. The molecule has 0 saturated carbocycles. The van der Waals surface area contributed by atoms with Crippen LogP contribution in [-0.2, 0) is 22.7 Å². The Morgan fingerprint density at radius 3 is 2.79 bits per heavy atom. The van der Waals surface area contributed by atoms with Gasteiger partial charge in [-0.25, -0.2) is 0 Å². The topological polar surface area (TPSA) is 87.7 Å². The van der Waals surface area contributed by atoms with Gasteiger partial charge in [0.05, 0.1) is 12.1 Å². The first-order chi connectivity index (χ1) is 14.0. The van der Waals surface area contributed by atoms with E-state index in [0.29, 0.717) is 35.8 Å². The lowest BCUT2D eigenvalue weighted by molar-refractivity contribution is -0.136. The molecule has 2 N–H and O–H groups in total. The van der Waals surface area contributed by atoms with Gasteiger partial charge in [0.1, 0.15) is 11.8 Å². The number of rotatable bonds is 5. The molecule has 0 aliphatic carbocycles. The first-order valence-electron chi connectivity index (χ1n) is 9.30. The van der Waals surface area contributed by atoms with E-state index in [2.05, 4.69) is 10.6 Å². The molecule has 2 aliphatic rings. The van der Waals surface area contributed by atoms with Crippen LogP contribution in [0.15, 0.2) is 36.4 Å². The van der Waals surface area contributed by atoms with Crippen molar-refractivity contribution in [2.24, 2.45) is 0 Å². The third kappa shape index (κ3) is 3.65. The number of ether oxygens (including phenoxy) is 1. The van der Waals surface area contributed by atoms with Gasteiger partial charge in [0, 0.05) is 36.3 Å². The molecule has 1 fully saturated rings. The third-order valence-corrected chi connectivity index (χ3v) is 5.58. The number of carbonyl (C=O) groups is 3. The van der Waals surface area contributed by atoms with Gasteiger partial charge in [-0.15, -0.1) is 0 Å². The van der Waals surface area contributed by atoms with Gasteiger partial charge in [-0.05, 0) is 36.2 Å². The molecule has 1 atom stereocenters. The van der Waals surface area contributed by atoms with Gasteiger partial charge in [-0.3, -0.25) is 19.7 Å². The minimum absolute atomic E-state index is 0.189. The van der Waals surface area contributed by atoms with E-state index in [4.69, 9.17) is 16.3 Å². The van der Waals surface area contributed by atoms with Crippen LogP contribution in [0.3, 0.4) is 0 Å². The van der Waals surface area contributed by atoms with Gasteiger partial charge in [-0.1, -0.05) is 23.7 Å². The summed E-state index contributed by atoms with van der Waals surface area (Å²) >= 11 is 6.19. The predicted octanol–water partition coefficient (Wildman–Crippen LogP) is 2.72. The highest BCUT2D eigenvalue weighted by atomic mass is 35.5. The molecule has 2 aromatic carbocycles. The van der Waals surface area contributed by atoms with Gasteiger partial charge in [0.25, 0.3) is 5.91 Å². The van der Waals surface area contributed by atoms with Crippen molar-refractivity contribution in [2.45, 2.75) is 32.0 Å². The van der Waals surface area contributed by atoms with Crippen LogP contribution in [0.25, 0.3) is 0 Å². The second-order valence-corrected chi connectivity index (χ2v) is 7.46. The molecule has 0 spiro atoms. The number of imide groups is 1. The molecule has 3 amide bonds. The Hall–Kier alpha value is -3.06. The van der Waals surface area contributed by atoms with E-state index in [1.165, 1.54) is 0 Å². The SMILES string of the molecule is COc1ccc(CNc2cccc3c2CN([C@@H]2CCC(=O)NC2=O)C3=O)cc1Cl. The summed E-state index contributed by atoms with van der Waals surface area (Å²) in [6.07, 6.45) is 0.581. The molecule has 2 aliphatic heterocycles. The molecule has 150 valence electrons. The zero-order chi connectivity index (χ0) is 20.5. The molecule has 4 rings (SSSR count). The van der Waals surface area contributed by atoms with Crippen LogP contribution >= 0.6 is 11.6 Å². The number of nitrogens with one attached hydrogen (secondary N) is 2. The maximum Gasteiger partial charge on any atom is 0.255 e. The fraction of sp³-hybridized carbons (Fsp3) is 0.286. The summed E-state index contributed by atoms with van der Waals surface area (Å²) in [5.74, 6) is -0.284. The van der Waals surface area contributed by atoms with Crippen LogP contribution < -0.4 is 15.4 Å². The van der Waals surface area contributed by atoms with Crippen molar-refractivity contribution in [3.05, 3.63) is 58.1 Å².